The molecule has 9 nitrogen and oxygen atoms in total. The number of nitrogens with zero attached hydrogens (tertiary/aromatic N) is 2. The maximum Gasteiger partial charge on any atom is 0.413 e. The number of likely N-dealkylation sites (N-methyl/N-ethyl adjacent to an activating group) is 1. The molecule has 2 aromatic rings. The van der Waals surface area contributed by atoms with E-state index in [9.17, 15) is 23.2 Å². The van der Waals surface area contributed by atoms with Crippen LogP contribution in [0.2, 0.25) is 0 Å². The normalized spacial score (nSPS) is 16.6. The van der Waals surface area contributed by atoms with Crippen molar-refractivity contribution in [2.45, 2.75) is 45.5 Å². The van der Waals surface area contributed by atoms with Gasteiger partial charge in [-0.05, 0) is 38.1 Å². The minimum atomic E-state index is -1.14. The Balaban J connectivity index is 1.85. The van der Waals surface area contributed by atoms with Crippen LogP contribution < -0.4 is 20.9 Å². The molecule has 0 radical (unpaired) electrons. The van der Waals surface area contributed by atoms with E-state index in [2.05, 4.69) is 20.9 Å². The molecule has 182 valence electrons. The number of anilines is 2. The Morgan fingerprint density at radius 2 is 1.79 bits per heavy atom. The fraction of sp³-hybridized carbons (Fsp3) is 0.391. The first-order valence-electron chi connectivity index (χ1n) is 10.8. The number of ether oxygens (including phenoxy) is 1. The number of para-hydroxylation sites is 1. The van der Waals surface area contributed by atoms with Crippen LogP contribution in [0.4, 0.5) is 25.1 Å². The molecular weight excluding hydrogens is 448 g/mol. The summed E-state index contributed by atoms with van der Waals surface area (Å²) in [4.78, 5) is 44.0. The number of halogens is 2. The van der Waals surface area contributed by atoms with Gasteiger partial charge in [-0.15, -0.1) is 0 Å². The Labute approximate surface area is 195 Å². The Morgan fingerprint density at radius 1 is 1.12 bits per heavy atom. The number of hydrogen-bond acceptors (Lipinski definition) is 6. The van der Waals surface area contributed by atoms with Crippen molar-refractivity contribution in [2.75, 3.05) is 17.3 Å². The third-order valence-corrected chi connectivity index (χ3v) is 5.51. The van der Waals surface area contributed by atoms with Gasteiger partial charge in [0.1, 0.15) is 29.2 Å². The zero-order valence-electron chi connectivity index (χ0n) is 19.3. The van der Waals surface area contributed by atoms with Crippen molar-refractivity contribution in [3.05, 3.63) is 53.7 Å². The molecule has 3 amide bonds. The maximum absolute atomic E-state index is 13.9. The summed E-state index contributed by atoms with van der Waals surface area (Å²) in [5, 5.41) is 7.59. The number of benzene rings is 1. The van der Waals surface area contributed by atoms with Crippen LogP contribution in [0.15, 0.2) is 36.5 Å². The van der Waals surface area contributed by atoms with Crippen LogP contribution in [-0.2, 0) is 20.7 Å². The number of nitrogens with one attached hydrogen (secondary N) is 3. The Kier molecular flexibility index (Phi) is 7.77. The van der Waals surface area contributed by atoms with Gasteiger partial charge in [0.15, 0.2) is 6.23 Å². The quantitative estimate of drug-likeness (QED) is 0.568. The zero-order chi connectivity index (χ0) is 25.0. The van der Waals surface area contributed by atoms with Crippen LogP contribution in [0.5, 0.6) is 0 Å². The molecule has 34 heavy (non-hydrogen) atoms. The van der Waals surface area contributed by atoms with Gasteiger partial charge in [0, 0.05) is 18.2 Å². The van der Waals surface area contributed by atoms with Crippen LogP contribution in [0, 0.1) is 17.6 Å². The predicted octanol–water partition coefficient (Wildman–Crippen LogP) is 2.57. The molecule has 0 unspecified atom stereocenters. The Bertz CT molecular complexity index is 1060. The van der Waals surface area contributed by atoms with E-state index in [1.165, 1.54) is 11.1 Å². The molecule has 3 atom stereocenters. The van der Waals surface area contributed by atoms with E-state index in [0.29, 0.717) is 5.56 Å². The molecular formula is C23H27F2N5O4. The smallest absolute Gasteiger partial charge is 0.413 e. The van der Waals surface area contributed by atoms with Crippen LogP contribution in [0.25, 0.3) is 0 Å². The van der Waals surface area contributed by atoms with Gasteiger partial charge < -0.3 is 15.4 Å². The molecule has 0 aliphatic carbocycles. The molecule has 1 aliphatic rings. The second-order valence-corrected chi connectivity index (χ2v) is 8.22. The van der Waals surface area contributed by atoms with Gasteiger partial charge in [-0.1, -0.05) is 26.0 Å². The average Bonchev–Trinajstić information content (AvgIpc) is 3.16. The molecule has 0 saturated heterocycles. The number of carbonyl (C=O) groups excluding carboxylic acids is 3. The summed E-state index contributed by atoms with van der Waals surface area (Å²) in [6, 6.07) is 5.08. The van der Waals surface area contributed by atoms with Crippen molar-refractivity contribution >= 4 is 29.4 Å². The lowest BCUT2D eigenvalue weighted by Crippen LogP contribution is -2.56. The summed E-state index contributed by atoms with van der Waals surface area (Å²) in [5.74, 6) is -2.86. The molecule has 11 heteroatoms. The standard InChI is InChI=1S/C23H27F2N5O4/c1-12(2)18(28-21(31)13(3)26-4)22(32)30-17(11-14-7-6-10-27-20(14)30)34-23(33)29-19-15(24)8-5-9-16(19)25/h5-10,12-13,17-18,26H,11H2,1-4H3,(H,28,31)(H,29,33)/t13-,17+,18-/m0/s1. The van der Waals surface area contributed by atoms with E-state index in [-0.39, 0.29) is 24.1 Å². The van der Waals surface area contributed by atoms with Crippen LogP contribution in [0.1, 0.15) is 26.3 Å². The third-order valence-electron chi connectivity index (χ3n) is 5.51. The number of fused-ring (bicyclic) bond motifs is 1. The van der Waals surface area contributed by atoms with E-state index in [1.54, 1.807) is 40.0 Å². The molecule has 3 rings (SSSR count). The number of rotatable bonds is 7. The van der Waals surface area contributed by atoms with Gasteiger partial charge in [-0.2, -0.15) is 0 Å². The molecule has 0 fully saturated rings. The van der Waals surface area contributed by atoms with Crippen molar-refractivity contribution in [1.29, 1.82) is 0 Å². The van der Waals surface area contributed by atoms with Gasteiger partial charge in [-0.25, -0.2) is 18.6 Å². The van der Waals surface area contributed by atoms with Crippen molar-refractivity contribution in [3.8, 4) is 0 Å². The first-order chi connectivity index (χ1) is 16.1. The molecule has 1 aliphatic heterocycles. The second kappa shape index (κ2) is 10.6. The molecule has 0 spiro atoms. The highest BCUT2D eigenvalue weighted by Gasteiger charge is 2.42. The van der Waals surface area contributed by atoms with Crippen molar-refractivity contribution in [1.82, 2.24) is 15.6 Å². The van der Waals surface area contributed by atoms with Crippen LogP contribution in [0.3, 0.4) is 0 Å². The van der Waals surface area contributed by atoms with E-state index >= 15 is 0 Å². The number of pyridine rings is 1. The van der Waals surface area contributed by atoms with E-state index in [0.717, 1.165) is 18.2 Å². The van der Waals surface area contributed by atoms with Crippen LogP contribution in [-0.4, -0.2) is 48.3 Å². The van der Waals surface area contributed by atoms with Crippen LogP contribution >= 0.6 is 0 Å². The van der Waals surface area contributed by atoms with E-state index < -0.39 is 47.6 Å². The number of carbonyl (C=O) groups is 3. The highest BCUT2D eigenvalue weighted by molar-refractivity contribution is 6.01. The summed E-state index contributed by atoms with van der Waals surface area (Å²) in [6.45, 7) is 5.19. The predicted molar refractivity (Wildman–Crippen MR) is 121 cm³/mol. The fourth-order valence-electron chi connectivity index (χ4n) is 3.51. The maximum atomic E-state index is 13.9. The minimum absolute atomic E-state index is 0.119. The summed E-state index contributed by atoms with van der Waals surface area (Å²) in [5.41, 5.74) is -0.0180. The summed E-state index contributed by atoms with van der Waals surface area (Å²) in [7, 11) is 1.62. The minimum Gasteiger partial charge on any atom is -0.424 e. The Morgan fingerprint density at radius 3 is 2.41 bits per heavy atom. The van der Waals surface area contributed by atoms with Gasteiger partial charge in [0.25, 0.3) is 5.91 Å². The molecule has 0 bridgehead atoms. The Hall–Kier alpha value is -3.60. The lowest BCUT2D eigenvalue weighted by molar-refractivity contribution is -0.130. The first-order valence-corrected chi connectivity index (χ1v) is 10.8. The number of amides is 3. The summed E-state index contributed by atoms with van der Waals surface area (Å²) < 4.78 is 33.3. The third kappa shape index (κ3) is 5.30. The summed E-state index contributed by atoms with van der Waals surface area (Å²) in [6.07, 6.45) is -0.670. The molecule has 2 heterocycles. The van der Waals surface area contributed by atoms with E-state index in [1.807, 2.05) is 0 Å². The average molecular weight is 475 g/mol. The molecule has 0 saturated carbocycles. The fourth-order valence-corrected chi connectivity index (χ4v) is 3.51. The van der Waals surface area contributed by atoms with Crippen molar-refractivity contribution in [2.24, 2.45) is 5.92 Å². The zero-order valence-corrected chi connectivity index (χ0v) is 19.3. The highest BCUT2D eigenvalue weighted by atomic mass is 19.1. The molecule has 1 aromatic carbocycles. The topological polar surface area (TPSA) is 113 Å². The highest BCUT2D eigenvalue weighted by Crippen LogP contribution is 2.32. The molecule has 1 aromatic heterocycles. The van der Waals surface area contributed by atoms with E-state index in [4.69, 9.17) is 4.74 Å². The van der Waals surface area contributed by atoms with Crippen molar-refractivity contribution < 1.29 is 27.9 Å². The van der Waals surface area contributed by atoms with Gasteiger partial charge >= 0.3 is 6.09 Å². The van der Waals surface area contributed by atoms with Gasteiger partial charge in [0.2, 0.25) is 5.91 Å². The lowest BCUT2D eigenvalue weighted by atomic mass is 10.0. The molecule has 3 N–H and O–H groups in total. The number of aromatic nitrogens is 1. The summed E-state index contributed by atoms with van der Waals surface area (Å²) >= 11 is 0. The monoisotopic (exact) mass is 475 g/mol. The number of hydrogen-bond donors (Lipinski definition) is 3. The van der Waals surface area contributed by atoms with Crippen molar-refractivity contribution in [3.63, 3.8) is 0 Å². The van der Waals surface area contributed by atoms with Gasteiger partial charge in [-0.3, -0.25) is 19.8 Å². The largest absolute Gasteiger partial charge is 0.424 e. The van der Waals surface area contributed by atoms with Gasteiger partial charge in [0.05, 0.1) is 6.04 Å². The second-order valence-electron chi connectivity index (χ2n) is 8.22. The SMILES string of the molecule is CN[C@@H](C)C(=O)N[C@H](C(=O)N1c2ncccc2C[C@H]1OC(=O)Nc1c(F)cccc1F)C(C)C. The first kappa shape index (κ1) is 25.0. The lowest BCUT2D eigenvalue weighted by Gasteiger charge is -2.31.